The van der Waals surface area contributed by atoms with Crippen LogP contribution in [-0.4, -0.2) is 21.6 Å². The third-order valence-corrected chi connectivity index (χ3v) is 2.67. The monoisotopic (exact) mass is 222 g/mol. The highest BCUT2D eigenvalue weighted by molar-refractivity contribution is 5.89. The molecule has 0 spiro atoms. The minimum absolute atomic E-state index is 0.0375. The number of carbonyl (C=O) groups is 1. The Labute approximate surface area is 95.7 Å². The fourth-order valence-electron chi connectivity index (χ4n) is 1.29. The molecular formula is C12H18N2O2. The van der Waals surface area contributed by atoms with Crippen molar-refractivity contribution in [1.82, 2.24) is 4.98 Å². The molecule has 0 aliphatic carbocycles. The third-order valence-electron chi connectivity index (χ3n) is 2.67. The smallest absolute Gasteiger partial charge is 0.337 e. The Morgan fingerprint density at radius 2 is 2.12 bits per heavy atom. The molecule has 4 heteroatoms. The number of aryl methyl sites for hydroxylation is 1. The van der Waals surface area contributed by atoms with Gasteiger partial charge in [-0.15, -0.1) is 0 Å². The van der Waals surface area contributed by atoms with Gasteiger partial charge in [-0.3, -0.25) is 0 Å². The van der Waals surface area contributed by atoms with E-state index >= 15 is 0 Å². The maximum Gasteiger partial charge on any atom is 0.337 e. The molecule has 0 atom stereocenters. The van der Waals surface area contributed by atoms with Gasteiger partial charge >= 0.3 is 5.97 Å². The van der Waals surface area contributed by atoms with E-state index in [-0.39, 0.29) is 11.1 Å². The molecule has 0 saturated carbocycles. The Morgan fingerprint density at radius 3 is 2.56 bits per heavy atom. The first-order chi connectivity index (χ1) is 7.35. The van der Waals surface area contributed by atoms with Crippen LogP contribution in [0.3, 0.4) is 0 Å². The molecule has 1 aromatic heterocycles. The van der Waals surface area contributed by atoms with Crippen molar-refractivity contribution in [2.24, 2.45) is 0 Å². The van der Waals surface area contributed by atoms with Gasteiger partial charge in [0.15, 0.2) is 0 Å². The normalized spacial score (nSPS) is 11.2. The lowest BCUT2D eigenvalue weighted by molar-refractivity contribution is 0.0695. The van der Waals surface area contributed by atoms with Crippen LogP contribution < -0.4 is 5.32 Å². The number of pyridine rings is 1. The molecule has 16 heavy (non-hydrogen) atoms. The van der Waals surface area contributed by atoms with Crippen molar-refractivity contribution in [3.63, 3.8) is 0 Å². The Hall–Kier alpha value is -1.58. The molecule has 4 nitrogen and oxygen atoms in total. The van der Waals surface area contributed by atoms with Crippen molar-refractivity contribution < 1.29 is 9.90 Å². The highest BCUT2D eigenvalue weighted by atomic mass is 16.4. The van der Waals surface area contributed by atoms with Gasteiger partial charge in [-0.1, -0.05) is 6.92 Å². The van der Waals surface area contributed by atoms with Crippen LogP contribution >= 0.6 is 0 Å². The molecule has 0 unspecified atom stereocenters. The molecule has 0 aliphatic heterocycles. The van der Waals surface area contributed by atoms with Crippen LogP contribution in [0, 0.1) is 6.92 Å². The topological polar surface area (TPSA) is 62.2 Å². The number of aromatic carboxylic acids is 1. The summed E-state index contributed by atoms with van der Waals surface area (Å²) in [5, 5.41) is 12.1. The lowest BCUT2D eigenvalue weighted by atomic mass is 10.0. The zero-order chi connectivity index (χ0) is 12.3. The number of hydrogen-bond acceptors (Lipinski definition) is 3. The molecule has 1 rings (SSSR count). The van der Waals surface area contributed by atoms with E-state index < -0.39 is 5.97 Å². The lowest BCUT2D eigenvalue weighted by Gasteiger charge is -2.25. The molecule has 0 saturated heterocycles. The molecule has 2 N–H and O–H groups in total. The lowest BCUT2D eigenvalue weighted by Crippen LogP contribution is -2.30. The van der Waals surface area contributed by atoms with Gasteiger partial charge < -0.3 is 10.4 Å². The van der Waals surface area contributed by atoms with E-state index in [1.165, 1.54) is 0 Å². The molecule has 1 aromatic rings. The Balaban J connectivity index is 2.94. The second kappa shape index (κ2) is 4.51. The predicted molar refractivity (Wildman–Crippen MR) is 63.9 cm³/mol. The number of hydrogen-bond donors (Lipinski definition) is 2. The highest BCUT2D eigenvalue weighted by Crippen LogP contribution is 2.17. The highest BCUT2D eigenvalue weighted by Gasteiger charge is 2.16. The summed E-state index contributed by atoms with van der Waals surface area (Å²) >= 11 is 0. The van der Waals surface area contributed by atoms with E-state index in [0.717, 1.165) is 6.42 Å². The van der Waals surface area contributed by atoms with E-state index in [2.05, 4.69) is 31.1 Å². The number of nitrogens with zero attached hydrogens (tertiary/aromatic N) is 1. The molecule has 0 radical (unpaired) electrons. The van der Waals surface area contributed by atoms with Gasteiger partial charge in [0.1, 0.15) is 5.82 Å². The first-order valence-electron chi connectivity index (χ1n) is 5.35. The van der Waals surface area contributed by atoms with E-state index in [0.29, 0.717) is 11.5 Å². The summed E-state index contributed by atoms with van der Waals surface area (Å²) in [5.41, 5.74) is 0.744. The Morgan fingerprint density at radius 1 is 1.50 bits per heavy atom. The zero-order valence-corrected chi connectivity index (χ0v) is 10.2. The summed E-state index contributed by atoms with van der Waals surface area (Å²) in [6, 6.07) is 3.28. The fraction of sp³-hybridized carbons (Fsp3) is 0.500. The first kappa shape index (κ1) is 12.5. The summed E-state index contributed by atoms with van der Waals surface area (Å²) in [7, 11) is 0. The van der Waals surface area contributed by atoms with Crippen molar-refractivity contribution in [2.75, 3.05) is 5.32 Å². The van der Waals surface area contributed by atoms with Crippen LogP contribution in [-0.2, 0) is 0 Å². The number of aromatic nitrogens is 1. The van der Waals surface area contributed by atoms with Crippen molar-refractivity contribution in [3.8, 4) is 0 Å². The van der Waals surface area contributed by atoms with Crippen molar-refractivity contribution >= 4 is 11.8 Å². The average Bonchev–Trinajstić information content (AvgIpc) is 2.16. The maximum atomic E-state index is 10.8. The predicted octanol–water partition coefficient (Wildman–Crippen LogP) is 2.69. The van der Waals surface area contributed by atoms with E-state index in [4.69, 9.17) is 5.11 Å². The summed E-state index contributed by atoms with van der Waals surface area (Å²) < 4.78 is 0. The molecular weight excluding hydrogens is 204 g/mol. The number of nitrogens with one attached hydrogen (secondary N) is 1. The molecule has 0 amide bonds. The minimum Gasteiger partial charge on any atom is -0.478 e. The number of carboxylic acid groups (broad SMARTS) is 1. The summed E-state index contributed by atoms with van der Waals surface area (Å²) in [6.45, 7) is 7.95. The first-order valence-corrected chi connectivity index (χ1v) is 5.35. The number of anilines is 1. The molecule has 1 heterocycles. The van der Waals surface area contributed by atoms with E-state index in [9.17, 15) is 4.79 Å². The van der Waals surface area contributed by atoms with Crippen LogP contribution in [0.2, 0.25) is 0 Å². The van der Waals surface area contributed by atoms with Gasteiger partial charge in [-0.2, -0.15) is 0 Å². The largest absolute Gasteiger partial charge is 0.478 e. The van der Waals surface area contributed by atoms with Crippen LogP contribution in [0.4, 0.5) is 5.82 Å². The quantitative estimate of drug-likeness (QED) is 0.822. The van der Waals surface area contributed by atoms with E-state index in [1.54, 1.807) is 19.1 Å². The number of carboxylic acids is 1. The average molecular weight is 222 g/mol. The van der Waals surface area contributed by atoms with Crippen LogP contribution in [0.5, 0.6) is 0 Å². The number of rotatable bonds is 4. The molecule has 0 aliphatic rings. The summed E-state index contributed by atoms with van der Waals surface area (Å²) in [4.78, 5) is 15.0. The molecule has 88 valence electrons. The van der Waals surface area contributed by atoms with Crippen molar-refractivity contribution in [3.05, 3.63) is 23.4 Å². The second-order valence-corrected chi connectivity index (χ2v) is 4.50. The SMILES string of the molecule is CCC(C)(C)Nc1ccc(C(=O)O)c(C)n1. The van der Waals surface area contributed by atoms with Crippen LogP contribution in [0.25, 0.3) is 0 Å². The van der Waals surface area contributed by atoms with Gasteiger partial charge in [0, 0.05) is 5.54 Å². The molecule has 0 aromatic carbocycles. The Kier molecular flexibility index (Phi) is 3.52. The van der Waals surface area contributed by atoms with Gasteiger partial charge in [-0.05, 0) is 39.3 Å². The summed E-state index contributed by atoms with van der Waals surface area (Å²) in [6.07, 6.45) is 0.967. The van der Waals surface area contributed by atoms with Gasteiger partial charge in [0.05, 0.1) is 11.3 Å². The zero-order valence-electron chi connectivity index (χ0n) is 10.2. The standard InChI is InChI=1S/C12H18N2O2/c1-5-12(3,4)14-10-7-6-9(11(15)16)8(2)13-10/h6-7H,5H2,1-4H3,(H,13,14)(H,15,16). The Bertz CT molecular complexity index is 400. The van der Waals surface area contributed by atoms with Gasteiger partial charge in [0.2, 0.25) is 0 Å². The second-order valence-electron chi connectivity index (χ2n) is 4.50. The van der Waals surface area contributed by atoms with Crippen LogP contribution in [0.1, 0.15) is 43.2 Å². The van der Waals surface area contributed by atoms with Crippen LogP contribution in [0.15, 0.2) is 12.1 Å². The summed E-state index contributed by atoms with van der Waals surface area (Å²) in [5.74, 6) is -0.222. The molecule has 0 bridgehead atoms. The van der Waals surface area contributed by atoms with Gasteiger partial charge in [0.25, 0.3) is 0 Å². The molecule has 0 fully saturated rings. The van der Waals surface area contributed by atoms with Gasteiger partial charge in [-0.25, -0.2) is 9.78 Å². The van der Waals surface area contributed by atoms with Crippen molar-refractivity contribution in [1.29, 1.82) is 0 Å². The maximum absolute atomic E-state index is 10.8. The third kappa shape index (κ3) is 2.95. The minimum atomic E-state index is -0.939. The fourth-order valence-corrected chi connectivity index (χ4v) is 1.29. The van der Waals surface area contributed by atoms with Crippen molar-refractivity contribution in [2.45, 2.75) is 39.7 Å². The van der Waals surface area contributed by atoms with E-state index in [1.807, 2.05) is 0 Å².